The Kier molecular flexibility index (Phi) is 6.93. The highest BCUT2D eigenvalue weighted by Crippen LogP contribution is 2.33. The lowest BCUT2D eigenvalue weighted by atomic mass is 10.0. The Hall–Kier alpha value is -4.08. The Morgan fingerprint density at radius 2 is 1.59 bits per heavy atom. The van der Waals surface area contributed by atoms with Crippen molar-refractivity contribution in [1.82, 2.24) is 5.32 Å². The van der Waals surface area contributed by atoms with E-state index in [0.717, 1.165) is 18.2 Å². The van der Waals surface area contributed by atoms with Gasteiger partial charge in [-0.2, -0.15) is 8.78 Å². The molecule has 0 heterocycles. The van der Waals surface area contributed by atoms with Crippen molar-refractivity contribution in [3.63, 3.8) is 0 Å². The predicted octanol–water partition coefficient (Wildman–Crippen LogP) is 5.20. The number of hydrogen-bond donors (Lipinski definition) is 2. The number of methoxy groups -OCH3 is 1. The average Bonchev–Trinajstić information content (AvgIpc) is 2.73. The highest BCUT2D eigenvalue weighted by Gasteiger charge is 2.19. The molecule has 10 heteroatoms. The van der Waals surface area contributed by atoms with Crippen molar-refractivity contribution < 1.29 is 36.6 Å². The van der Waals surface area contributed by atoms with Crippen LogP contribution >= 0.6 is 0 Å². The number of hydrogen-bond acceptors (Lipinski definition) is 4. The van der Waals surface area contributed by atoms with Crippen LogP contribution in [0.1, 0.15) is 10.4 Å². The van der Waals surface area contributed by atoms with Gasteiger partial charge in [-0.25, -0.2) is 13.6 Å². The van der Waals surface area contributed by atoms with Crippen LogP contribution in [0, 0.1) is 11.6 Å². The maximum absolute atomic E-state index is 13.7. The number of rotatable bonds is 6. The van der Waals surface area contributed by atoms with Crippen LogP contribution in [0.15, 0.2) is 60.7 Å². The third-order valence-electron chi connectivity index (χ3n) is 4.27. The van der Waals surface area contributed by atoms with Crippen LogP contribution in [0.3, 0.4) is 0 Å². The molecule has 0 fully saturated rings. The maximum Gasteiger partial charge on any atom is 0.387 e. The molecule has 0 saturated heterocycles. The van der Waals surface area contributed by atoms with Gasteiger partial charge in [0.1, 0.15) is 28.7 Å². The zero-order chi connectivity index (χ0) is 23.3. The van der Waals surface area contributed by atoms with E-state index in [1.54, 1.807) is 18.2 Å². The van der Waals surface area contributed by atoms with Gasteiger partial charge >= 0.3 is 12.6 Å². The number of ether oxygens (including phenoxy) is 2. The van der Waals surface area contributed by atoms with E-state index >= 15 is 0 Å². The molecule has 3 amide bonds. The first-order chi connectivity index (χ1) is 15.3. The minimum atomic E-state index is -2.94. The fourth-order valence-corrected chi connectivity index (χ4v) is 2.87. The molecule has 0 spiro atoms. The van der Waals surface area contributed by atoms with Crippen molar-refractivity contribution in [2.45, 2.75) is 6.61 Å². The summed E-state index contributed by atoms with van der Waals surface area (Å²) in [7, 11) is 1.39. The van der Waals surface area contributed by atoms with E-state index in [-0.39, 0.29) is 11.4 Å². The van der Waals surface area contributed by atoms with Gasteiger partial charge in [0.2, 0.25) is 0 Å². The molecule has 3 aromatic rings. The van der Waals surface area contributed by atoms with Crippen LogP contribution in [0.4, 0.5) is 28.0 Å². The second kappa shape index (κ2) is 9.82. The van der Waals surface area contributed by atoms with E-state index in [2.05, 4.69) is 10.1 Å². The van der Waals surface area contributed by atoms with Crippen LogP contribution in [-0.4, -0.2) is 25.7 Å². The molecule has 32 heavy (non-hydrogen) atoms. The summed E-state index contributed by atoms with van der Waals surface area (Å²) in [4.78, 5) is 24.1. The number of nitrogens with one attached hydrogen (secondary N) is 2. The van der Waals surface area contributed by atoms with Crippen molar-refractivity contribution in [3.8, 4) is 22.6 Å². The van der Waals surface area contributed by atoms with Crippen molar-refractivity contribution in [1.29, 1.82) is 0 Å². The fourth-order valence-electron chi connectivity index (χ4n) is 2.87. The number of anilines is 1. The second-order valence-electron chi connectivity index (χ2n) is 6.32. The summed E-state index contributed by atoms with van der Waals surface area (Å²) in [5.74, 6) is -3.13. The second-order valence-corrected chi connectivity index (χ2v) is 6.32. The van der Waals surface area contributed by atoms with Gasteiger partial charge in [0.15, 0.2) is 0 Å². The molecule has 0 radical (unpaired) electrons. The summed E-state index contributed by atoms with van der Waals surface area (Å²) in [6.07, 6.45) is 0. The zero-order valence-electron chi connectivity index (χ0n) is 16.5. The third-order valence-corrected chi connectivity index (χ3v) is 4.27. The lowest BCUT2D eigenvalue weighted by Crippen LogP contribution is -2.35. The Morgan fingerprint density at radius 3 is 2.19 bits per heavy atom. The molecule has 166 valence electrons. The van der Waals surface area contributed by atoms with E-state index in [9.17, 15) is 27.2 Å². The number of carbonyl (C=O) groups is 2. The molecule has 0 saturated carbocycles. The first kappa shape index (κ1) is 22.6. The van der Waals surface area contributed by atoms with E-state index in [1.807, 2.05) is 5.32 Å². The smallest absolute Gasteiger partial charge is 0.387 e. The van der Waals surface area contributed by atoms with Crippen LogP contribution in [-0.2, 0) is 0 Å². The Labute approximate surface area is 179 Å². The monoisotopic (exact) mass is 448 g/mol. The molecular formula is C22H16F4N2O4. The van der Waals surface area contributed by atoms with E-state index in [0.29, 0.717) is 16.9 Å². The van der Waals surface area contributed by atoms with Crippen molar-refractivity contribution >= 4 is 17.6 Å². The molecule has 0 aliphatic carbocycles. The molecule has 0 atom stereocenters. The highest BCUT2D eigenvalue weighted by atomic mass is 19.3. The topological polar surface area (TPSA) is 76.7 Å². The normalized spacial score (nSPS) is 10.6. The predicted molar refractivity (Wildman–Crippen MR) is 108 cm³/mol. The number of amides is 3. The molecule has 0 aliphatic rings. The van der Waals surface area contributed by atoms with Gasteiger partial charge in [-0.3, -0.25) is 10.1 Å². The van der Waals surface area contributed by atoms with E-state index in [1.165, 1.54) is 31.4 Å². The number of urea groups is 1. The molecule has 6 nitrogen and oxygen atoms in total. The number of halogens is 4. The summed E-state index contributed by atoms with van der Waals surface area (Å²) in [5, 5.41) is 4.21. The van der Waals surface area contributed by atoms with Crippen molar-refractivity contribution in [3.05, 3.63) is 77.9 Å². The van der Waals surface area contributed by atoms with Crippen LogP contribution < -0.4 is 20.1 Å². The van der Waals surface area contributed by atoms with E-state index in [4.69, 9.17) is 4.74 Å². The van der Waals surface area contributed by atoms with Gasteiger partial charge in [0, 0.05) is 17.3 Å². The van der Waals surface area contributed by atoms with Crippen LogP contribution in [0.2, 0.25) is 0 Å². The van der Waals surface area contributed by atoms with Gasteiger partial charge in [-0.15, -0.1) is 0 Å². The van der Waals surface area contributed by atoms with Crippen molar-refractivity contribution in [2.24, 2.45) is 0 Å². The molecule has 2 N–H and O–H groups in total. The SMILES string of the molecule is COc1cc(NC(=O)NC(=O)c2c(F)cccc2F)ccc1-c1ccc(OC(F)F)cc1. The average molecular weight is 448 g/mol. The van der Waals surface area contributed by atoms with Gasteiger partial charge in [0.25, 0.3) is 5.91 Å². The molecule has 3 aromatic carbocycles. The lowest BCUT2D eigenvalue weighted by molar-refractivity contribution is -0.0498. The standard InChI is InChI=1S/C22H16F4N2O4/c1-31-18-11-13(7-10-15(18)12-5-8-14(9-6-12)32-21(25)26)27-22(30)28-20(29)19-16(23)3-2-4-17(19)24/h2-11,21H,1H3,(H2,27,28,29,30). The van der Waals surface area contributed by atoms with E-state index < -0.39 is 35.7 Å². The zero-order valence-corrected chi connectivity index (χ0v) is 16.5. The minimum absolute atomic E-state index is 0.00590. The largest absolute Gasteiger partial charge is 0.496 e. The minimum Gasteiger partial charge on any atom is -0.496 e. The van der Waals surface area contributed by atoms with Gasteiger partial charge in [-0.1, -0.05) is 18.2 Å². The summed E-state index contributed by atoms with van der Waals surface area (Å²) in [6, 6.07) is 12.3. The summed E-state index contributed by atoms with van der Waals surface area (Å²) in [5.41, 5.74) is 0.564. The molecule has 0 bridgehead atoms. The lowest BCUT2D eigenvalue weighted by Gasteiger charge is -2.13. The van der Waals surface area contributed by atoms with Crippen molar-refractivity contribution in [2.75, 3.05) is 12.4 Å². The molecule has 0 aromatic heterocycles. The fraction of sp³-hybridized carbons (Fsp3) is 0.0909. The van der Waals surface area contributed by atoms with Gasteiger partial charge in [0.05, 0.1) is 7.11 Å². The first-order valence-electron chi connectivity index (χ1n) is 9.08. The van der Waals surface area contributed by atoms with Crippen LogP contribution in [0.5, 0.6) is 11.5 Å². The summed E-state index contributed by atoms with van der Waals surface area (Å²) < 4.78 is 61.5. The highest BCUT2D eigenvalue weighted by molar-refractivity contribution is 6.08. The Morgan fingerprint density at radius 1 is 0.938 bits per heavy atom. The molecular weight excluding hydrogens is 432 g/mol. The Balaban J connectivity index is 1.73. The quantitative estimate of drug-likeness (QED) is 0.508. The summed E-state index contributed by atoms with van der Waals surface area (Å²) >= 11 is 0. The number of benzene rings is 3. The van der Waals surface area contributed by atoms with Gasteiger partial charge in [-0.05, 0) is 42.0 Å². The first-order valence-corrected chi connectivity index (χ1v) is 9.08. The Bertz CT molecular complexity index is 1120. The summed E-state index contributed by atoms with van der Waals surface area (Å²) in [6.45, 7) is -2.94. The van der Waals surface area contributed by atoms with Gasteiger partial charge < -0.3 is 14.8 Å². The molecule has 0 unspecified atom stereocenters. The molecule has 3 rings (SSSR count). The van der Waals surface area contributed by atoms with Crippen LogP contribution in [0.25, 0.3) is 11.1 Å². The number of alkyl halides is 2. The third kappa shape index (κ3) is 5.34. The molecule has 0 aliphatic heterocycles. The maximum atomic E-state index is 13.7. The number of imide groups is 1. The number of carbonyl (C=O) groups excluding carboxylic acids is 2.